The molecule has 0 atom stereocenters. The summed E-state index contributed by atoms with van der Waals surface area (Å²) in [4.78, 5) is 0. The molecule has 0 saturated carbocycles. The van der Waals surface area contributed by atoms with E-state index in [1.807, 2.05) is 26.8 Å². The fraction of sp³-hybridized carbons (Fsp3) is 0.667. The van der Waals surface area contributed by atoms with Crippen LogP contribution in [0.2, 0.25) is 0 Å². The molecule has 13 heavy (non-hydrogen) atoms. The Labute approximate surface area is 78.7 Å². The van der Waals surface area contributed by atoms with Crippen LogP contribution in [-0.2, 0) is 11.3 Å². The molecule has 0 aliphatic heterocycles. The van der Waals surface area contributed by atoms with Crippen molar-refractivity contribution < 1.29 is 4.74 Å². The van der Waals surface area contributed by atoms with Crippen LogP contribution in [-0.4, -0.2) is 16.4 Å². The standard InChI is InChI=1S/C9H17N3O/c1-4-13-6-8-5-9(10)12(11-8)7(2)3/h5,7H,4,6,10H2,1-3H3. The maximum Gasteiger partial charge on any atom is 0.122 e. The fourth-order valence-electron chi connectivity index (χ4n) is 1.15. The Bertz CT molecular complexity index is 268. The molecular weight excluding hydrogens is 166 g/mol. The summed E-state index contributed by atoms with van der Waals surface area (Å²) in [6.07, 6.45) is 0. The van der Waals surface area contributed by atoms with Crippen LogP contribution in [0.15, 0.2) is 6.07 Å². The minimum Gasteiger partial charge on any atom is -0.384 e. The Morgan fingerprint density at radius 2 is 2.31 bits per heavy atom. The molecule has 0 amide bonds. The van der Waals surface area contributed by atoms with Crippen LogP contribution in [0.1, 0.15) is 32.5 Å². The minimum absolute atomic E-state index is 0.301. The minimum atomic E-state index is 0.301. The number of hydrogen-bond acceptors (Lipinski definition) is 3. The van der Waals surface area contributed by atoms with Crippen LogP contribution in [0.5, 0.6) is 0 Å². The molecular formula is C9H17N3O. The Morgan fingerprint density at radius 1 is 1.62 bits per heavy atom. The highest BCUT2D eigenvalue weighted by molar-refractivity contribution is 5.31. The van der Waals surface area contributed by atoms with Crippen molar-refractivity contribution in [2.75, 3.05) is 12.3 Å². The topological polar surface area (TPSA) is 53.1 Å². The lowest BCUT2D eigenvalue weighted by molar-refractivity contribution is 0.130. The van der Waals surface area contributed by atoms with Gasteiger partial charge in [-0.25, -0.2) is 4.68 Å². The SMILES string of the molecule is CCOCc1cc(N)n(C(C)C)n1. The van der Waals surface area contributed by atoms with Crippen molar-refractivity contribution in [3.05, 3.63) is 11.8 Å². The summed E-state index contributed by atoms with van der Waals surface area (Å²) in [6.45, 7) is 7.30. The number of nitrogens with two attached hydrogens (primary N) is 1. The zero-order valence-electron chi connectivity index (χ0n) is 8.45. The van der Waals surface area contributed by atoms with E-state index in [1.165, 1.54) is 0 Å². The number of rotatable bonds is 4. The zero-order valence-corrected chi connectivity index (χ0v) is 8.45. The third-order valence-corrected chi connectivity index (χ3v) is 1.76. The summed E-state index contributed by atoms with van der Waals surface area (Å²) >= 11 is 0. The highest BCUT2D eigenvalue weighted by Crippen LogP contribution is 2.13. The molecule has 1 heterocycles. The van der Waals surface area contributed by atoms with Gasteiger partial charge in [0.15, 0.2) is 0 Å². The first-order valence-corrected chi connectivity index (χ1v) is 4.56. The van der Waals surface area contributed by atoms with Gasteiger partial charge in [-0.1, -0.05) is 0 Å². The van der Waals surface area contributed by atoms with Gasteiger partial charge < -0.3 is 10.5 Å². The molecule has 0 bridgehead atoms. The first kappa shape index (κ1) is 10.1. The quantitative estimate of drug-likeness (QED) is 0.771. The summed E-state index contributed by atoms with van der Waals surface area (Å²) in [5, 5.41) is 4.31. The lowest BCUT2D eigenvalue weighted by Gasteiger charge is -2.06. The van der Waals surface area contributed by atoms with Gasteiger partial charge in [-0.3, -0.25) is 0 Å². The van der Waals surface area contributed by atoms with E-state index in [9.17, 15) is 0 Å². The van der Waals surface area contributed by atoms with Crippen molar-refractivity contribution in [2.24, 2.45) is 0 Å². The highest BCUT2D eigenvalue weighted by atomic mass is 16.5. The summed E-state index contributed by atoms with van der Waals surface area (Å²) in [5.41, 5.74) is 6.66. The fourth-order valence-corrected chi connectivity index (χ4v) is 1.15. The van der Waals surface area contributed by atoms with Crippen LogP contribution < -0.4 is 5.73 Å². The average molecular weight is 183 g/mol. The Hall–Kier alpha value is -1.03. The van der Waals surface area contributed by atoms with Gasteiger partial charge in [-0.05, 0) is 20.8 Å². The summed E-state index contributed by atoms with van der Waals surface area (Å²) in [5.74, 6) is 0.699. The van der Waals surface area contributed by atoms with Gasteiger partial charge in [0.25, 0.3) is 0 Å². The Morgan fingerprint density at radius 3 is 2.77 bits per heavy atom. The van der Waals surface area contributed by atoms with Crippen molar-refractivity contribution >= 4 is 5.82 Å². The molecule has 4 heteroatoms. The van der Waals surface area contributed by atoms with Crippen molar-refractivity contribution in [3.8, 4) is 0 Å². The number of hydrogen-bond donors (Lipinski definition) is 1. The summed E-state index contributed by atoms with van der Waals surface area (Å²) in [7, 11) is 0. The molecule has 0 radical (unpaired) electrons. The van der Waals surface area contributed by atoms with Crippen LogP contribution in [0.4, 0.5) is 5.82 Å². The number of aromatic nitrogens is 2. The Balaban J connectivity index is 2.71. The monoisotopic (exact) mass is 183 g/mol. The maximum atomic E-state index is 5.76. The van der Waals surface area contributed by atoms with Crippen LogP contribution >= 0.6 is 0 Å². The third-order valence-electron chi connectivity index (χ3n) is 1.76. The second-order valence-electron chi connectivity index (χ2n) is 3.24. The normalized spacial score (nSPS) is 11.1. The third kappa shape index (κ3) is 2.45. The van der Waals surface area contributed by atoms with Gasteiger partial charge in [-0.15, -0.1) is 0 Å². The predicted molar refractivity (Wildman–Crippen MR) is 52.4 cm³/mol. The van der Waals surface area contributed by atoms with E-state index >= 15 is 0 Å². The number of nitrogen functional groups attached to an aromatic ring is 1. The van der Waals surface area contributed by atoms with E-state index in [-0.39, 0.29) is 0 Å². The van der Waals surface area contributed by atoms with E-state index in [0.29, 0.717) is 25.1 Å². The van der Waals surface area contributed by atoms with Gasteiger partial charge in [0.05, 0.1) is 12.3 Å². The van der Waals surface area contributed by atoms with Crippen molar-refractivity contribution in [2.45, 2.75) is 33.4 Å². The van der Waals surface area contributed by atoms with Gasteiger partial charge >= 0.3 is 0 Å². The molecule has 0 aliphatic rings. The van der Waals surface area contributed by atoms with Gasteiger partial charge in [0.1, 0.15) is 5.82 Å². The first-order chi connectivity index (χ1) is 6.15. The lowest BCUT2D eigenvalue weighted by Crippen LogP contribution is -2.07. The van der Waals surface area contributed by atoms with Crippen LogP contribution in [0.25, 0.3) is 0 Å². The van der Waals surface area contributed by atoms with Gasteiger partial charge in [-0.2, -0.15) is 5.10 Å². The van der Waals surface area contributed by atoms with Crippen molar-refractivity contribution in [1.82, 2.24) is 9.78 Å². The molecule has 0 aromatic carbocycles. The van der Waals surface area contributed by atoms with E-state index in [2.05, 4.69) is 5.10 Å². The molecule has 4 nitrogen and oxygen atoms in total. The molecule has 1 aromatic rings. The number of ether oxygens (including phenoxy) is 1. The predicted octanol–water partition coefficient (Wildman–Crippen LogP) is 1.58. The van der Waals surface area contributed by atoms with Gasteiger partial charge in [0.2, 0.25) is 0 Å². The Kier molecular flexibility index (Phi) is 3.31. The van der Waals surface area contributed by atoms with E-state index in [1.54, 1.807) is 4.68 Å². The molecule has 74 valence electrons. The number of anilines is 1. The van der Waals surface area contributed by atoms with Gasteiger partial charge in [0, 0.05) is 18.7 Å². The molecule has 1 aromatic heterocycles. The van der Waals surface area contributed by atoms with E-state index in [0.717, 1.165) is 5.69 Å². The van der Waals surface area contributed by atoms with Crippen LogP contribution in [0.3, 0.4) is 0 Å². The van der Waals surface area contributed by atoms with E-state index < -0.39 is 0 Å². The molecule has 0 fully saturated rings. The van der Waals surface area contributed by atoms with E-state index in [4.69, 9.17) is 10.5 Å². The second kappa shape index (κ2) is 4.28. The average Bonchev–Trinajstić information content (AvgIpc) is 2.43. The number of nitrogens with zero attached hydrogens (tertiary/aromatic N) is 2. The lowest BCUT2D eigenvalue weighted by atomic mass is 10.4. The summed E-state index contributed by atoms with van der Waals surface area (Å²) < 4.78 is 7.04. The second-order valence-corrected chi connectivity index (χ2v) is 3.24. The highest BCUT2D eigenvalue weighted by Gasteiger charge is 2.06. The smallest absolute Gasteiger partial charge is 0.122 e. The largest absolute Gasteiger partial charge is 0.384 e. The molecule has 0 aliphatic carbocycles. The molecule has 2 N–H and O–H groups in total. The maximum absolute atomic E-state index is 5.76. The van der Waals surface area contributed by atoms with Crippen molar-refractivity contribution in [3.63, 3.8) is 0 Å². The van der Waals surface area contributed by atoms with Crippen molar-refractivity contribution in [1.29, 1.82) is 0 Å². The molecule has 0 saturated heterocycles. The molecule has 0 unspecified atom stereocenters. The first-order valence-electron chi connectivity index (χ1n) is 4.56. The zero-order chi connectivity index (χ0) is 9.84. The van der Waals surface area contributed by atoms with Crippen LogP contribution in [0, 0.1) is 0 Å². The summed E-state index contributed by atoms with van der Waals surface area (Å²) in [6, 6.07) is 2.16. The molecule has 1 rings (SSSR count). The molecule has 0 spiro atoms.